The summed E-state index contributed by atoms with van der Waals surface area (Å²) in [4.78, 5) is 2.63. The van der Waals surface area contributed by atoms with Crippen molar-refractivity contribution in [2.75, 3.05) is 13.1 Å². The highest BCUT2D eigenvalue weighted by molar-refractivity contribution is 5.82. The standard InChI is InChI=1S/C19H25N/c1-2-3-6-16-11-12-20(14-16)15-17-9-10-18-7-4-5-8-19(18)13-17/h4-5,7-10,13,16H,2-3,6,11-12,14-15H2,1H3. The first kappa shape index (κ1) is 13.6. The lowest BCUT2D eigenvalue weighted by molar-refractivity contribution is 0.312. The van der Waals surface area contributed by atoms with Crippen molar-refractivity contribution < 1.29 is 0 Å². The number of likely N-dealkylation sites (tertiary alicyclic amines) is 1. The maximum absolute atomic E-state index is 2.63. The van der Waals surface area contributed by atoms with E-state index in [4.69, 9.17) is 0 Å². The third-order valence-corrected chi connectivity index (χ3v) is 4.56. The number of fused-ring (bicyclic) bond motifs is 1. The molecule has 20 heavy (non-hydrogen) atoms. The molecule has 1 aliphatic heterocycles. The summed E-state index contributed by atoms with van der Waals surface area (Å²) in [6.45, 7) is 5.99. The Hall–Kier alpha value is -1.34. The van der Waals surface area contributed by atoms with Gasteiger partial charge in [0.25, 0.3) is 0 Å². The maximum Gasteiger partial charge on any atom is 0.0234 e. The maximum atomic E-state index is 2.63. The predicted octanol–water partition coefficient (Wildman–Crippen LogP) is 4.85. The summed E-state index contributed by atoms with van der Waals surface area (Å²) in [5.41, 5.74) is 1.46. The average molecular weight is 267 g/mol. The minimum atomic E-state index is 0.940. The number of hydrogen-bond acceptors (Lipinski definition) is 1. The summed E-state index contributed by atoms with van der Waals surface area (Å²) in [5, 5.41) is 2.71. The zero-order chi connectivity index (χ0) is 13.8. The summed E-state index contributed by atoms with van der Waals surface area (Å²) in [7, 11) is 0. The van der Waals surface area contributed by atoms with E-state index in [2.05, 4.69) is 54.3 Å². The van der Waals surface area contributed by atoms with Crippen LogP contribution in [0.3, 0.4) is 0 Å². The number of rotatable bonds is 5. The second-order valence-corrected chi connectivity index (χ2v) is 6.21. The van der Waals surface area contributed by atoms with Crippen LogP contribution in [0, 0.1) is 5.92 Å². The van der Waals surface area contributed by atoms with E-state index < -0.39 is 0 Å². The Bertz CT molecular complexity index is 560. The number of unbranched alkanes of at least 4 members (excludes halogenated alkanes) is 1. The first-order valence-corrected chi connectivity index (χ1v) is 8.05. The molecule has 2 aromatic carbocycles. The van der Waals surface area contributed by atoms with Crippen LogP contribution in [-0.2, 0) is 6.54 Å². The molecule has 1 unspecified atom stereocenters. The highest BCUT2D eigenvalue weighted by Gasteiger charge is 2.21. The molecule has 0 saturated carbocycles. The first-order valence-electron chi connectivity index (χ1n) is 8.05. The van der Waals surface area contributed by atoms with Crippen LogP contribution >= 0.6 is 0 Å². The molecular weight excluding hydrogens is 242 g/mol. The molecule has 1 nitrogen and oxygen atoms in total. The zero-order valence-electron chi connectivity index (χ0n) is 12.5. The van der Waals surface area contributed by atoms with Gasteiger partial charge < -0.3 is 0 Å². The van der Waals surface area contributed by atoms with Crippen molar-refractivity contribution in [3.05, 3.63) is 48.0 Å². The van der Waals surface area contributed by atoms with Gasteiger partial charge in [-0.05, 0) is 47.7 Å². The van der Waals surface area contributed by atoms with E-state index in [1.165, 1.54) is 55.1 Å². The van der Waals surface area contributed by atoms with Gasteiger partial charge in [-0.2, -0.15) is 0 Å². The molecule has 0 amide bonds. The summed E-state index contributed by atoms with van der Waals surface area (Å²) in [6, 6.07) is 15.6. The van der Waals surface area contributed by atoms with Gasteiger partial charge in [0.1, 0.15) is 0 Å². The molecule has 0 aliphatic carbocycles. The Labute approximate surface area is 122 Å². The second-order valence-electron chi connectivity index (χ2n) is 6.21. The third-order valence-electron chi connectivity index (χ3n) is 4.56. The van der Waals surface area contributed by atoms with Gasteiger partial charge in [-0.15, -0.1) is 0 Å². The van der Waals surface area contributed by atoms with E-state index in [0.717, 1.165) is 12.5 Å². The van der Waals surface area contributed by atoms with Crippen molar-refractivity contribution in [1.29, 1.82) is 0 Å². The lowest BCUT2D eigenvalue weighted by Crippen LogP contribution is -2.20. The summed E-state index contributed by atoms with van der Waals surface area (Å²) in [6.07, 6.45) is 5.55. The van der Waals surface area contributed by atoms with Crippen LogP contribution < -0.4 is 0 Å². The fourth-order valence-corrected chi connectivity index (χ4v) is 3.38. The first-order chi connectivity index (χ1) is 9.85. The Morgan fingerprint density at radius 2 is 1.95 bits per heavy atom. The van der Waals surface area contributed by atoms with Crippen LogP contribution in [0.1, 0.15) is 38.2 Å². The van der Waals surface area contributed by atoms with Gasteiger partial charge in [-0.25, -0.2) is 0 Å². The summed E-state index contributed by atoms with van der Waals surface area (Å²) in [5.74, 6) is 0.940. The van der Waals surface area contributed by atoms with Gasteiger partial charge in [-0.1, -0.05) is 56.2 Å². The van der Waals surface area contributed by atoms with Crippen LogP contribution in [0.15, 0.2) is 42.5 Å². The largest absolute Gasteiger partial charge is 0.299 e. The van der Waals surface area contributed by atoms with Crippen LogP contribution in [0.2, 0.25) is 0 Å². The van der Waals surface area contributed by atoms with Crippen LogP contribution in [-0.4, -0.2) is 18.0 Å². The molecule has 106 valence electrons. The van der Waals surface area contributed by atoms with Gasteiger partial charge in [-0.3, -0.25) is 4.90 Å². The summed E-state index contributed by atoms with van der Waals surface area (Å²) < 4.78 is 0. The van der Waals surface area contributed by atoms with E-state index in [0.29, 0.717) is 0 Å². The third kappa shape index (κ3) is 3.21. The van der Waals surface area contributed by atoms with Crippen molar-refractivity contribution >= 4 is 10.8 Å². The number of benzene rings is 2. The molecule has 0 radical (unpaired) electrons. The van der Waals surface area contributed by atoms with Crippen LogP contribution in [0.5, 0.6) is 0 Å². The van der Waals surface area contributed by atoms with Gasteiger partial charge in [0, 0.05) is 13.1 Å². The smallest absolute Gasteiger partial charge is 0.0234 e. The molecule has 2 aromatic rings. The zero-order valence-corrected chi connectivity index (χ0v) is 12.5. The molecule has 0 spiro atoms. The molecule has 0 bridgehead atoms. The normalized spacial score (nSPS) is 19.8. The predicted molar refractivity (Wildman–Crippen MR) is 86.9 cm³/mol. The average Bonchev–Trinajstić information content (AvgIpc) is 2.92. The Balaban J connectivity index is 1.62. The minimum absolute atomic E-state index is 0.940. The van der Waals surface area contributed by atoms with Crippen molar-refractivity contribution in [3.63, 3.8) is 0 Å². The Morgan fingerprint density at radius 1 is 1.10 bits per heavy atom. The molecule has 3 rings (SSSR count). The quantitative estimate of drug-likeness (QED) is 0.748. The highest BCUT2D eigenvalue weighted by Crippen LogP contribution is 2.24. The monoisotopic (exact) mass is 267 g/mol. The van der Waals surface area contributed by atoms with E-state index in [1.807, 2.05) is 0 Å². The van der Waals surface area contributed by atoms with Gasteiger partial charge in [0.15, 0.2) is 0 Å². The lowest BCUT2D eigenvalue weighted by Gasteiger charge is -2.16. The van der Waals surface area contributed by atoms with Gasteiger partial charge in [0.2, 0.25) is 0 Å². The van der Waals surface area contributed by atoms with Crippen molar-refractivity contribution in [2.24, 2.45) is 5.92 Å². The molecule has 1 saturated heterocycles. The lowest BCUT2D eigenvalue weighted by atomic mass is 10.0. The van der Waals surface area contributed by atoms with Crippen molar-refractivity contribution in [3.8, 4) is 0 Å². The molecule has 1 fully saturated rings. The Kier molecular flexibility index (Phi) is 4.37. The van der Waals surface area contributed by atoms with Gasteiger partial charge in [0.05, 0.1) is 0 Å². The second kappa shape index (κ2) is 6.41. The number of nitrogens with zero attached hydrogens (tertiary/aromatic N) is 1. The van der Waals surface area contributed by atoms with Gasteiger partial charge >= 0.3 is 0 Å². The molecule has 1 heterocycles. The van der Waals surface area contributed by atoms with E-state index in [-0.39, 0.29) is 0 Å². The SMILES string of the molecule is CCCCC1CCN(Cc2ccc3ccccc3c2)C1. The Morgan fingerprint density at radius 3 is 2.80 bits per heavy atom. The van der Waals surface area contributed by atoms with Crippen molar-refractivity contribution in [2.45, 2.75) is 39.2 Å². The van der Waals surface area contributed by atoms with E-state index >= 15 is 0 Å². The fourth-order valence-electron chi connectivity index (χ4n) is 3.38. The number of hydrogen-bond donors (Lipinski definition) is 0. The van der Waals surface area contributed by atoms with E-state index in [1.54, 1.807) is 0 Å². The summed E-state index contributed by atoms with van der Waals surface area (Å²) >= 11 is 0. The van der Waals surface area contributed by atoms with Crippen LogP contribution in [0.4, 0.5) is 0 Å². The molecule has 0 N–H and O–H groups in total. The topological polar surface area (TPSA) is 3.24 Å². The minimum Gasteiger partial charge on any atom is -0.299 e. The van der Waals surface area contributed by atoms with E-state index in [9.17, 15) is 0 Å². The molecule has 1 aliphatic rings. The van der Waals surface area contributed by atoms with Crippen molar-refractivity contribution in [1.82, 2.24) is 4.90 Å². The fraction of sp³-hybridized carbons (Fsp3) is 0.474. The molecule has 1 atom stereocenters. The highest BCUT2D eigenvalue weighted by atomic mass is 15.1. The molecule has 1 heteroatoms. The molecular formula is C19H25N. The molecule has 0 aromatic heterocycles. The van der Waals surface area contributed by atoms with Crippen LogP contribution in [0.25, 0.3) is 10.8 Å².